The van der Waals surface area contributed by atoms with Crippen molar-refractivity contribution < 1.29 is 9.68 Å². The zero-order chi connectivity index (χ0) is 11.1. The topological polar surface area (TPSA) is 29.5 Å². The van der Waals surface area contributed by atoms with Gasteiger partial charge in [0.15, 0.2) is 0 Å². The highest BCUT2D eigenvalue weighted by molar-refractivity contribution is 6.61. The van der Waals surface area contributed by atoms with Crippen LogP contribution < -0.4 is 5.46 Å². The van der Waals surface area contributed by atoms with E-state index in [-0.39, 0.29) is 5.41 Å². The van der Waals surface area contributed by atoms with Crippen LogP contribution in [0.2, 0.25) is 0 Å². The van der Waals surface area contributed by atoms with Gasteiger partial charge in [0.05, 0.1) is 6.61 Å². The first-order valence-electron chi connectivity index (χ1n) is 5.37. The van der Waals surface area contributed by atoms with Gasteiger partial charge in [-0.05, 0) is 28.4 Å². The third-order valence-electron chi connectivity index (χ3n) is 2.61. The summed E-state index contributed by atoms with van der Waals surface area (Å²) in [7, 11) is -0.722. The van der Waals surface area contributed by atoms with Crippen LogP contribution in [0, 0.1) is 5.41 Å². The molecular formula is C12H17BO2. The molecule has 0 amide bonds. The van der Waals surface area contributed by atoms with Crippen molar-refractivity contribution in [2.75, 3.05) is 0 Å². The van der Waals surface area contributed by atoms with Gasteiger partial charge in [0.25, 0.3) is 0 Å². The second kappa shape index (κ2) is 3.65. The van der Waals surface area contributed by atoms with Crippen molar-refractivity contribution in [3.05, 3.63) is 29.3 Å². The van der Waals surface area contributed by atoms with Gasteiger partial charge in [-0.3, -0.25) is 0 Å². The Labute approximate surface area is 91.4 Å². The zero-order valence-electron chi connectivity index (χ0n) is 9.58. The van der Waals surface area contributed by atoms with Crippen LogP contribution in [0.25, 0.3) is 0 Å². The lowest BCUT2D eigenvalue weighted by atomic mass is 9.77. The van der Waals surface area contributed by atoms with Crippen molar-refractivity contribution in [2.45, 2.75) is 33.8 Å². The molecule has 1 aromatic carbocycles. The van der Waals surface area contributed by atoms with Gasteiger partial charge < -0.3 is 9.68 Å². The van der Waals surface area contributed by atoms with E-state index in [4.69, 9.17) is 4.65 Å². The maximum Gasteiger partial charge on any atom is 0.491 e. The standard InChI is InChI=1S/C12H17BO2/c1-12(2,3)7-9-4-5-10-8-15-13(14)11(10)6-9/h4-6,14H,7-8H2,1-3H3. The van der Waals surface area contributed by atoms with Gasteiger partial charge in [0.2, 0.25) is 0 Å². The molecule has 1 N–H and O–H groups in total. The Bertz CT molecular complexity index is 368. The summed E-state index contributed by atoms with van der Waals surface area (Å²) in [4.78, 5) is 0. The summed E-state index contributed by atoms with van der Waals surface area (Å²) in [5, 5.41) is 9.58. The Kier molecular flexibility index (Phi) is 2.61. The van der Waals surface area contributed by atoms with E-state index in [0.717, 1.165) is 17.4 Å². The van der Waals surface area contributed by atoms with E-state index in [0.29, 0.717) is 6.61 Å². The van der Waals surface area contributed by atoms with Gasteiger partial charge in [-0.15, -0.1) is 0 Å². The van der Waals surface area contributed by atoms with Gasteiger partial charge in [-0.25, -0.2) is 0 Å². The smallest absolute Gasteiger partial charge is 0.423 e. The minimum atomic E-state index is -0.722. The monoisotopic (exact) mass is 204 g/mol. The van der Waals surface area contributed by atoms with Gasteiger partial charge in [-0.2, -0.15) is 0 Å². The summed E-state index contributed by atoms with van der Waals surface area (Å²) in [6.07, 6.45) is 1.02. The number of benzene rings is 1. The first-order valence-corrected chi connectivity index (χ1v) is 5.37. The molecule has 0 bridgehead atoms. The SMILES string of the molecule is CC(C)(C)Cc1ccc2c(c1)B(O)OC2. The molecule has 0 saturated heterocycles. The maximum atomic E-state index is 9.58. The molecule has 1 aromatic rings. The molecule has 0 aromatic heterocycles. The van der Waals surface area contributed by atoms with E-state index < -0.39 is 7.12 Å². The van der Waals surface area contributed by atoms with Crippen molar-refractivity contribution in [2.24, 2.45) is 5.41 Å². The fourth-order valence-corrected chi connectivity index (χ4v) is 1.99. The number of rotatable bonds is 1. The number of hydrogen-bond donors (Lipinski definition) is 1. The van der Waals surface area contributed by atoms with Crippen LogP contribution in [-0.4, -0.2) is 12.1 Å². The Morgan fingerprint density at radius 1 is 1.40 bits per heavy atom. The third kappa shape index (κ3) is 2.41. The third-order valence-corrected chi connectivity index (χ3v) is 2.61. The first kappa shape index (κ1) is 10.7. The predicted molar refractivity (Wildman–Crippen MR) is 62.0 cm³/mol. The van der Waals surface area contributed by atoms with Crippen LogP contribution in [-0.2, 0) is 17.7 Å². The summed E-state index contributed by atoms with van der Waals surface area (Å²) < 4.78 is 5.16. The van der Waals surface area contributed by atoms with Crippen molar-refractivity contribution in [1.29, 1.82) is 0 Å². The molecule has 0 spiro atoms. The van der Waals surface area contributed by atoms with Crippen molar-refractivity contribution in [1.82, 2.24) is 0 Å². The maximum absolute atomic E-state index is 9.58. The molecule has 15 heavy (non-hydrogen) atoms. The Hall–Kier alpha value is -0.795. The number of fused-ring (bicyclic) bond motifs is 1. The molecule has 1 aliphatic rings. The highest BCUT2D eigenvalue weighted by Gasteiger charge is 2.27. The summed E-state index contributed by atoms with van der Waals surface area (Å²) in [6, 6.07) is 6.26. The fourth-order valence-electron chi connectivity index (χ4n) is 1.99. The molecular weight excluding hydrogens is 187 g/mol. The Morgan fingerprint density at radius 3 is 2.80 bits per heavy atom. The van der Waals surface area contributed by atoms with Crippen LogP contribution in [0.3, 0.4) is 0 Å². The molecule has 0 fully saturated rings. The quantitative estimate of drug-likeness (QED) is 0.702. The lowest BCUT2D eigenvalue weighted by molar-refractivity contribution is 0.275. The number of hydrogen-bond acceptors (Lipinski definition) is 2. The van der Waals surface area contributed by atoms with Crippen LogP contribution in [0.15, 0.2) is 18.2 Å². The van der Waals surface area contributed by atoms with E-state index in [1.165, 1.54) is 5.56 Å². The van der Waals surface area contributed by atoms with Crippen molar-refractivity contribution in [3.8, 4) is 0 Å². The summed E-state index contributed by atoms with van der Waals surface area (Å²) in [5.41, 5.74) is 3.60. The van der Waals surface area contributed by atoms with Gasteiger partial charge in [0.1, 0.15) is 0 Å². The van der Waals surface area contributed by atoms with Gasteiger partial charge in [-0.1, -0.05) is 39.0 Å². The van der Waals surface area contributed by atoms with Gasteiger partial charge in [0, 0.05) is 0 Å². The van der Waals surface area contributed by atoms with Crippen molar-refractivity contribution >= 4 is 12.6 Å². The highest BCUT2D eigenvalue weighted by Crippen LogP contribution is 2.21. The normalized spacial score (nSPS) is 15.6. The molecule has 1 heterocycles. The average molecular weight is 204 g/mol. The highest BCUT2D eigenvalue weighted by atomic mass is 16.5. The predicted octanol–water partition coefficient (Wildman–Crippen LogP) is 1.49. The Morgan fingerprint density at radius 2 is 2.13 bits per heavy atom. The molecule has 0 aliphatic carbocycles. The minimum absolute atomic E-state index is 0.276. The Balaban J connectivity index is 2.26. The lowest BCUT2D eigenvalue weighted by Crippen LogP contribution is -2.28. The molecule has 2 rings (SSSR count). The summed E-state index contributed by atoms with van der Waals surface area (Å²) in [5.74, 6) is 0. The second-order valence-electron chi connectivity index (χ2n) is 5.43. The molecule has 3 heteroatoms. The first-order chi connectivity index (χ1) is 6.96. The van der Waals surface area contributed by atoms with Crippen LogP contribution >= 0.6 is 0 Å². The van der Waals surface area contributed by atoms with Crippen LogP contribution in [0.4, 0.5) is 0 Å². The molecule has 2 nitrogen and oxygen atoms in total. The van der Waals surface area contributed by atoms with E-state index in [2.05, 4.69) is 39.0 Å². The molecule has 0 unspecified atom stereocenters. The average Bonchev–Trinajstić information content (AvgIpc) is 2.45. The van der Waals surface area contributed by atoms with Gasteiger partial charge >= 0.3 is 7.12 Å². The lowest BCUT2D eigenvalue weighted by Gasteiger charge is -2.18. The molecule has 0 atom stereocenters. The molecule has 0 saturated carbocycles. The van der Waals surface area contributed by atoms with E-state index in [9.17, 15) is 5.02 Å². The summed E-state index contributed by atoms with van der Waals surface area (Å²) in [6.45, 7) is 7.18. The van der Waals surface area contributed by atoms with E-state index in [1.807, 2.05) is 0 Å². The zero-order valence-corrected chi connectivity index (χ0v) is 9.58. The second-order valence-corrected chi connectivity index (χ2v) is 5.43. The minimum Gasteiger partial charge on any atom is -0.423 e. The van der Waals surface area contributed by atoms with Crippen LogP contribution in [0.1, 0.15) is 31.9 Å². The largest absolute Gasteiger partial charge is 0.491 e. The summed E-state index contributed by atoms with van der Waals surface area (Å²) >= 11 is 0. The fraction of sp³-hybridized carbons (Fsp3) is 0.500. The van der Waals surface area contributed by atoms with E-state index >= 15 is 0 Å². The van der Waals surface area contributed by atoms with E-state index in [1.54, 1.807) is 0 Å². The molecule has 1 aliphatic heterocycles. The molecule has 0 radical (unpaired) electrons. The van der Waals surface area contributed by atoms with Crippen LogP contribution in [0.5, 0.6) is 0 Å². The molecule has 80 valence electrons. The van der Waals surface area contributed by atoms with Crippen molar-refractivity contribution in [3.63, 3.8) is 0 Å².